The number of fused-ring (bicyclic) bond motifs is 1. The molecule has 3 rings (SSSR count). The number of aromatic nitrogens is 3. The number of hydrogen-bond donors (Lipinski definition) is 1. The van der Waals surface area contributed by atoms with E-state index in [9.17, 15) is 0 Å². The summed E-state index contributed by atoms with van der Waals surface area (Å²) in [5.41, 5.74) is 4.83. The summed E-state index contributed by atoms with van der Waals surface area (Å²) >= 11 is 0. The maximum absolute atomic E-state index is 4.57. The highest BCUT2D eigenvalue weighted by Gasteiger charge is 2.28. The molecule has 4 heteroatoms. The smallest absolute Gasteiger partial charge is 0.132 e. The molecule has 0 bridgehead atoms. The number of anilines is 1. The second kappa shape index (κ2) is 5.57. The van der Waals surface area contributed by atoms with Crippen LogP contribution in [0.15, 0.2) is 24.7 Å². The molecule has 0 saturated carbocycles. The van der Waals surface area contributed by atoms with Crippen LogP contribution >= 0.6 is 0 Å². The van der Waals surface area contributed by atoms with Crippen LogP contribution in [0, 0.1) is 6.92 Å². The average molecular weight is 268 g/mol. The van der Waals surface area contributed by atoms with Crippen LogP contribution in [-0.4, -0.2) is 21.5 Å². The lowest BCUT2D eigenvalue weighted by molar-refractivity contribution is 0.734. The maximum Gasteiger partial charge on any atom is 0.132 e. The van der Waals surface area contributed by atoms with Crippen LogP contribution in [0.1, 0.15) is 48.2 Å². The Morgan fingerprint density at radius 1 is 1.25 bits per heavy atom. The van der Waals surface area contributed by atoms with E-state index >= 15 is 0 Å². The van der Waals surface area contributed by atoms with Crippen LogP contribution < -0.4 is 5.32 Å². The van der Waals surface area contributed by atoms with E-state index < -0.39 is 0 Å². The second-order valence-corrected chi connectivity index (χ2v) is 5.30. The lowest BCUT2D eigenvalue weighted by Gasteiger charge is -2.15. The Morgan fingerprint density at radius 3 is 3.00 bits per heavy atom. The number of hydrogen-bond acceptors (Lipinski definition) is 4. The number of aryl methyl sites for hydroxylation is 1. The monoisotopic (exact) mass is 268 g/mol. The predicted octanol–water partition coefficient (Wildman–Crippen LogP) is 3.08. The van der Waals surface area contributed by atoms with Crippen LogP contribution in [0.25, 0.3) is 0 Å². The number of nitrogens with zero attached hydrogens (tertiary/aromatic N) is 3. The van der Waals surface area contributed by atoms with Crippen molar-refractivity contribution in [1.82, 2.24) is 15.0 Å². The third-order valence-corrected chi connectivity index (χ3v) is 3.95. The Kier molecular flexibility index (Phi) is 3.63. The molecule has 1 unspecified atom stereocenters. The fraction of sp³-hybridized carbons (Fsp3) is 0.438. The van der Waals surface area contributed by atoms with Crippen LogP contribution in [0.3, 0.4) is 0 Å². The van der Waals surface area contributed by atoms with Crippen molar-refractivity contribution in [1.29, 1.82) is 0 Å². The van der Waals surface area contributed by atoms with E-state index in [0.29, 0.717) is 5.92 Å². The van der Waals surface area contributed by atoms with E-state index in [2.05, 4.69) is 40.2 Å². The normalized spacial score (nSPS) is 17.0. The third kappa shape index (κ3) is 2.26. The van der Waals surface area contributed by atoms with Gasteiger partial charge in [0.15, 0.2) is 0 Å². The molecule has 20 heavy (non-hydrogen) atoms. The van der Waals surface area contributed by atoms with Crippen molar-refractivity contribution in [2.24, 2.45) is 0 Å². The van der Waals surface area contributed by atoms with Crippen molar-refractivity contribution in [3.05, 3.63) is 47.2 Å². The summed E-state index contributed by atoms with van der Waals surface area (Å²) in [6, 6.07) is 4.19. The summed E-state index contributed by atoms with van der Waals surface area (Å²) in [4.78, 5) is 13.5. The van der Waals surface area contributed by atoms with E-state index in [0.717, 1.165) is 42.9 Å². The molecule has 4 nitrogen and oxygen atoms in total. The average Bonchev–Trinajstić information content (AvgIpc) is 2.90. The van der Waals surface area contributed by atoms with E-state index in [1.807, 2.05) is 12.3 Å². The summed E-state index contributed by atoms with van der Waals surface area (Å²) in [7, 11) is 0. The first-order valence-corrected chi connectivity index (χ1v) is 7.30. The van der Waals surface area contributed by atoms with Crippen LogP contribution in [0.2, 0.25) is 0 Å². The molecule has 104 valence electrons. The largest absolute Gasteiger partial charge is 0.370 e. The molecule has 2 aromatic rings. The topological polar surface area (TPSA) is 50.7 Å². The first-order valence-electron chi connectivity index (χ1n) is 7.30. The van der Waals surface area contributed by atoms with Crippen molar-refractivity contribution < 1.29 is 0 Å². The summed E-state index contributed by atoms with van der Waals surface area (Å²) in [5.74, 6) is 1.28. The summed E-state index contributed by atoms with van der Waals surface area (Å²) < 4.78 is 0. The highest BCUT2D eigenvalue weighted by Crippen LogP contribution is 2.37. The first kappa shape index (κ1) is 13.0. The fourth-order valence-corrected chi connectivity index (χ4v) is 2.92. The molecule has 0 amide bonds. The molecule has 1 atom stereocenters. The van der Waals surface area contributed by atoms with Gasteiger partial charge in [0.05, 0.1) is 11.4 Å². The summed E-state index contributed by atoms with van der Waals surface area (Å²) in [5, 5.41) is 3.38. The molecule has 1 aliphatic carbocycles. The predicted molar refractivity (Wildman–Crippen MR) is 80.0 cm³/mol. The molecule has 1 aliphatic rings. The molecule has 0 aromatic carbocycles. The lowest BCUT2D eigenvalue weighted by atomic mass is 9.98. The van der Waals surface area contributed by atoms with E-state index in [1.54, 1.807) is 6.33 Å². The zero-order chi connectivity index (χ0) is 13.9. The Hall–Kier alpha value is -1.97. The standard InChI is InChI=1S/C16H20N4/c1-3-8-18-16-11(2)14(19-10-20-16)13-7-6-12-5-4-9-17-15(12)13/h4-5,9-10,13H,3,6-8H2,1-2H3,(H,18,19,20). The van der Waals surface area contributed by atoms with Gasteiger partial charge in [-0.15, -0.1) is 0 Å². The van der Waals surface area contributed by atoms with Crippen molar-refractivity contribution >= 4 is 5.82 Å². The van der Waals surface area contributed by atoms with E-state index in [-0.39, 0.29) is 0 Å². The summed E-state index contributed by atoms with van der Waals surface area (Å²) in [6.45, 7) is 5.20. The Labute approximate surface area is 119 Å². The highest BCUT2D eigenvalue weighted by molar-refractivity contribution is 5.48. The minimum atomic E-state index is 0.316. The SMILES string of the molecule is CCCNc1ncnc(C2CCc3cccnc32)c1C. The van der Waals surface area contributed by atoms with Gasteiger partial charge in [-0.2, -0.15) is 0 Å². The zero-order valence-corrected chi connectivity index (χ0v) is 12.1. The lowest BCUT2D eigenvalue weighted by Crippen LogP contribution is -2.10. The van der Waals surface area contributed by atoms with Crippen molar-refractivity contribution in [3.63, 3.8) is 0 Å². The van der Waals surface area contributed by atoms with Gasteiger partial charge in [-0.1, -0.05) is 13.0 Å². The molecule has 1 N–H and O–H groups in total. The van der Waals surface area contributed by atoms with Gasteiger partial charge < -0.3 is 5.32 Å². The molecule has 0 radical (unpaired) electrons. The van der Waals surface area contributed by atoms with Crippen LogP contribution in [0.5, 0.6) is 0 Å². The number of pyridine rings is 1. The van der Waals surface area contributed by atoms with Gasteiger partial charge in [0, 0.05) is 24.2 Å². The quantitative estimate of drug-likeness (QED) is 0.925. The minimum absolute atomic E-state index is 0.316. The van der Waals surface area contributed by atoms with Gasteiger partial charge in [-0.25, -0.2) is 9.97 Å². The molecule has 0 fully saturated rings. The zero-order valence-electron chi connectivity index (χ0n) is 12.1. The second-order valence-electron chi connectivity index (χ2n) is 5.30. The van der Waals surface area contributed by atoms with Gasteiger partial charge in [-0.3, -0.25) is 4.98 Å². The van der Waals surface area contributed by atoms with Crippen LogP contribution in [0.4, 0.5) is 5.82 Å². The molecule has 2 heterocycles. The number of rotatable bonds is 4. The van der Waals surface area contributed by atoms with Gasteiger partial charge >= 0.3 is 0 Å². The minimum Gasteiger partial charge on any atom is -0.370 e. The summed E-state index contributed by atoms with van der Waals surface area (Å²) in [6.07, 6.45) is 6.82. The third-order valence-electron chi connectivity index (χ3n) is 3.95. The molecular formula is C16H20N4. The molecule has 0 saturated heterocycles. The highest BCUT2D eigenvalue weighted by atomic mass is 15.0. The number of nitrogens with one attached hydrogen (secondary N) is 1. The fourth-order valence-electron chi connectivity index (χ4n) is 2.92. The van der Waals surface area contributed by atoms with Crippen molar-refractivity contribution in [2.75, 3.05) is 11.9 Å². The van der Waals surface area contributed by atoms with Gasteiger partial charge in [0.1, 0.15) is 12.1 Å². The van der Waals surface area contributed by atoms with E-state index in [1.165, 1.54) is 11.3 Å². The molecule has 2 aromatic heterocycles. The van der Waals surface area contributed by atoms with Crippen molar-refractivity contribution in [3.8, 4) is 0 Å². The Balaban J connectivity index is 1.96. The molecule has 0 spiro atoms. The molecule has 0 aliphatic heterocycles. The first-order chi connectivity index (χ1) is 9.81. The Morgan fingerprint density at radius 2 is 2.15 bits per heavy atom. The van der Waals surface area contributed by atoms with Gasteiger partial charge in [-0.05, 0) is 37.8 Å². The van der Waals surface area contributed by atoms with Crippen LogP contribution in [-0.2, 0) is 6.42 Å². The Bertz CT molecular complexity index is 609. The molecular weight excluding hydrogens is 248 g/mol. The maximum atomic E-state index is 4.57. The van der Waals surface area contributed by atoms with Crippen molar-refractivity contribution in [2.45, 2.75) is 39.0 Å². The van der Waals surface area contributed by atoms with Gasteiger partial charge in [0.2, 0.25) is 0 Å². The van der Waals surface area contributed by atoms with Gasteiger partial charge in [0.25, 0.3) is 0 Å². The van der Waals surface area contributed by atoms with E-state index in [4.69, 9.17) is 0 Å².